The number of likely N-dealkylation sites (tertiary alicyclic amines) is 1. The first-order chi connectivity index (χ1) is 17.0. The molecule has 35 heavy (non-hydrogen) atoms. The maximum atomic E-state index is 11.9. The molecule has 1 saturated heterocycles. The lowest BCUT2D eigenvalue weighted by atomic mass is 9.90. The molecule has 1 aromatic carbocycles. The molecule has 2 aromatic heterocycles. The van der Waals surface area contributed by atoms with Crippen molar-refractivity contribution < 1.29 is 14.3 Å². The number of ether oxygens (including phenoxy) is 2. The summed E-state index contributed by atoms with van der Waals surface area (Å²) in [7, 11) is 3.41. The van der Waals surface area contributed by atoms with E-state index in [-0.39, 0.29) is 6.09 Å². The first-order valence-corrected chi connectivity index (χ1v) is 12.6. The molecular formula is C28H38N4O3. The Morgan fingerprint density at radius 1 is 1.17 bits per heavy atom. The van der Waals surface area contributed by atoms with Crippen LogP contribution >= 0.6 is 0 Å². The lowest BCUT2D eigenvalue weighted by Gasteiger charge is -2.31. The van der Waals surface area contributed by atoms with Crippen LogP contribution in [0, 0.1) is 19.8 Å². The Bertz CT molecular complexity index is 1150. The molecule has 3 aromatic rings. The molecule has 0 bridgehead atoms. The second-order valence-electron chi connectivity index (χ2n) is 9.60. The normalized spacial score (nSPS) is 14.6. The number of nitrogens with zero attached hydrogens (tertiary/aromatic N) is 3. The molecule has 0 radical (unpaired) electrons. The van der Waals surface area contributed by atoms with Crippen molar-refractivity contribution in [3.8, 4) is 11.3 Å². The van der Waals surface area contributed by atoms with Crippen LogP contribution in [0.3, 0.4) is 0 Å². The lowest BCUT2D eigenvalue weighted by Crippen LogP contribution is -2.38. The summed E-state index contributed by atoms with van der Waals surface area (Å²) < 4.78 is 13.0. The van der Waals surface area contributed by atoms with Gasteiger partial charge in [0.15, 0.2) is 0 Å². The molecule has 1 amide bonds. The highest BCUT2D eigenvalue weighted by Gasteiger charge is 2.26. The quantitative estimate of drug-likeness (QED) is 0.449. The summed E-state index contributed by atoms with van der Waals surface area (Å²) in [6.45, 7) is 8.10. The van der Waals surface area contributed by atoms with Gasteiger partial charge in [0.25, 0.3) is 0 Å². The average molecular weight is 479 g/mol. The van der Waals surface area contributed by atoms with Crippen LogP contribution < -0.4 is 5.32 Å². The molecule has 1 aliphatic heterocycles. The molecule has 0 spiro atoms. The number of piperidine rings is 1. The molecule has 0 atom stereocenters. The van der Waals surface area contributed by atoms with Gasteiger partial charge >= 0.3 is 6.09 Å². The number of fused-ring (bicyclic) bond motifs is 1. The fraction of sp³-hybridized carbons (Fsp3) is 0.500. The Morgan fingerprint density at radius 3 is 2.69 bits per heavy atom. The Kier molecular flexibility index (Phi) is 8.42. The largest absolute Gasteiger partial charge is 0.453 e. The van der Waals surface area contributed by atoms with E-state index >= 15 is 0 Å². The number of aromatic nitrogens is 2. The van der Waals surface area contributed by atoms with Crippen LogP contribution in [0.15, 0.2) is 36.5 Å². The van der Waals surface area contributed by atoms with E-state index in [1.165, 1.54) is 35.1 Å². The molecular weight excluding hydrogens is 440 g/mol. The van der Waals surface area contributed by atoms with Gasteiger partial charge in [0.05, 0.1) is 25.1 Å². The SMILES string of the molecule is CNCCCOCc1ccc(-c2nc3cc(C)ccn3c2CC2CCN(C(=O)OC)CC2)c(C)c1. The Labute approximate surface area is 208 Å². The molecule has 0 saturated carbocycles. The minimum atomic E-state index is -0.226. The van der Waals surface area contributed by atoms with Crippen molar-refractivity contribution in [2.45, 2.75) is 46.1 Å². The third-order valence-corrected chi connectivity index (χ3v) is 6.94. The summed E-state index contributed by atoms with van der Waals surface area (Å²) in [6, 6.07) is 10.9. The van der Waals surface area contributed by atoms with Crippen molar-refractivity contribution in [2.24, 2.45) is 5.92 Å². The maximum absolute atomic E-state index is 11.9. The number of rotatable bonds is 9. The smallest absolute Gasteiger partial charge is 0.409 e. The Hall–Kier alpha value is -2.90. The molecule has 1 fully saturated rings. The van der Waals surface area contributed by atoms with Gasteiger partial charge in [0.1, 0.15) is 5.65 Å². The molecule has 188 valence electrons. The Balaban J connectivity index is 1.56. The molecule has 1 N–H and O–H groups in total. The zero-order valence-electron chi connectivity index (χ0n) is 21.5. The first kappa shape index (κ1) is 25.2. The zero-order valence-corrected chi connectivity index (χ0v) is 21.5. The average Bonchev–Trinajstić information content (AvgIpc) is 3.20. The van der Waals surface area contributed by atoms with E-state index in [0.717, 1.165) is 63.3 Å². The van der Waals surface area contributed by atoms with Gasteiger partial charge in [-0.25, -0.2) is 9.78 Å². The number of benzene rings is 1. The summed E-state index contributed by atoms with van der Waals surface area (Å²) in [5.41, 5.74) is 8.07. The van der Waals surface area contributed by atoms with Crippen LogP contribution in [-0.2, 0) is 22.5 Å². The summed E-state index contributed by atoms with van der Waals surface area (Å²) in [4.78, 5) is 18.8. The summed E-state index contributed by atoms with van der Waals surface area (Å²) in [6.07, 6.45) is 5.80. The highest BCUT2D eigenvalue weighted by Crippen LogP contribution is 2.32. The van der Waals surface area contributed by atoms with Gasteiger partial charge in [-0.05, 0) is 87.9 Å². The highest BCUT2D eigenvalue weighted by molar-refractivity contribution is 5.70. The summed E-state index contributed by atoms with van der Waals surface area (Å²) in [5.74, 6) is 0.501. The van der Waals surface area contributed by atoms with Crippen molar-refractivity contribution in [1.82, 2.24) is 19.6 Å². The van der Waals surface area contributed by atoms with Crippen LogP contribution in [-0.4, -0.2) is 60.8 Å². The minimum absolute atomic E-state index is 0.226. The van der Waals surface area contributed by atoms with Crippen LogP contribution in [0.4, 0.5) is 4.79 Å². The van der Waals surface area contributed by atoms with Crippen molar-refractivity contribution in [3.05, 3.63) is 58.9 Å². The van der Waals surface area contributed by atoms with E-state index in [2.05, 4.69) is 60.1 Å². The lowest BCUT2D eigenvalue weighted by molar-refractivity contribution is 0.106. The van der Waals surface area contributed by atoms with E-state index in [1.807, 2.05) is 7.05 Å². The Morgan fingerprint density at radius 2 is 1.97 bits per heavy atom. The van der Waals surface area contributed by atoms with Gasteiger partial charge in [-0.15, -0.1) is 0 Å². The van der Waals surface area contributed by atoms with Gasteiger partial charge in [-0.3, -0.25) is 0 Å². The fourth-order valence-corrected chi connectivity index (χ4v) is 4.95. The predicted octanol–water partition coefficient (Wildman–Crippen LogP) is 4.77. The van der Waals surface area contributed by atoms with Gasteiger partial charge in [0, 0.05) is 31.5 Å². The number of amides is 1. The molecule has 3 heterocycles. The van der Waals surface area contributed by atoms with E-state index < -0.39 is 0 Å². The highest BCUT2D eigenvalue weighted by atomic mass is 16.5. The van der Waals surface area contributed by atoms with Crippen LogP contribution in [0.5, 0.6) is 0 Å². The van der Waals surface area contributed by atoms with Crippen molar-refractivity contribution >= 4 is 11.7 Å². The first-order valence-electron chi connectivity index (χ1n) is 12.6. The summed E-state index contributed by atoms with van der Waals surface area (Å²) in [5, 5.41) is 3.15. The number of nitrogens with one attached hydrogen (secondary N) is 1. The number of carbonyl (C=O) groups is 1. The van der Waals surface area contributed by atoms with E-state index in [0.29, 0.717) is 12.5 Å². The molecule has 1 aliphatic rings. The van der Waals surface area contributed by atoms with E-state index in [4.69, 9.17) is 14.5 Å². The van der Waals surface area contributed by atoms with E-state index in [9.17, 15) is 4.79 Å². The van der Waals surface area contributed by atoms with E-state index in [1.54, 1.807) is 4.90 Å². The monoisotopic (exact) mass is 478 g/mol. The third kappa shape index (κ3) is 6.03. The van der Waals surface area contributed by atoms with Crippen LogP contribution in [0.25, 0.3) is 16.9 Å². The second kappa shape index (κ2) is 11.7. The van der Waals surface area contributed by atoms with Gasteiger partial charge < -0.3 is 24.1 Å². The van der Waals surface area contributed by atoms with Crippen LogP contribution in [0.2, 0.25) is 0 Å². The number of imidazole rings is 1. The standard InChI is InChI=1S/C28H38N4O3/c1-20-8-14-32-25(18-22-9-12-31(13-10-22)28(33)34-4)27(30-26(32)16-20)24-7-6-23(17-21(24)2)19-35-15-5-11-29-3/h6-8,14,16-17,22,29H,5,9-13,15,18-19H2,1-4H3. The molecule has 4 rings (SSSR count). The predicted molar refractivity (Wildman–Crippen MR) is 139 cm³/mol. The molecule has 7 heteroatoms. The number of methoxy groups -OCH3 is 1. The molecule has 0 aliphatic carbocycles. The molecule has 7 nitrogen and oxygen atoms in total. The number of hydrogen-bond acceptors (Lipinski definition) is 5. The summed E-state index contributed by atoms with van der Waals surface area (Å²) >= 11 is 0. The third-order valence-electron chi connectivity index (χ3n) is 6.94. The second-order valence-corrected chi connectivity index (χ2v) is 9.60. The van der Waals surface area contributed by atoms with Gasteiger partial charge in [-0.1, -0.05) is 18.2 Å². The van der Waals surface area contributed by atoms with Crippen molar-refractivity contribution in [2.75, 3.05) is 40.4 Å². The zero-order chi connectivity index (χ0) is 24.8. The maximum Gasteiger partial charge on any atom is 0.409 e. The van der Waals surface area contributed by atoms with Crippen LogP contribution in [0.1, 0.15) is 41.6 Å². The minimum Gasteiger partial charge on any atom is -0.453 e. The van der Waals surface area contributed by atoms with Gasteiger partial charge in [-0.2, -0.15) is 0 Å². The van der Waals surface area contributed by atoms with Crippen molar-refractivity contribution in [3.63, 3.8) is 0 Å². The number of carbonyl (C=O) groups excluding carboxylic acids is 1. The van der Waals surface area contributed by atoms with Gasteiger partial charge in [0.2, 0.25) is 0 Å². The van der Waals surface area contributed by atoms with Crippen molar-refractivity contribution in [1.29, 1.82) is 0 Å². The number of aryl methyl sites for hydroxylation is 2. The fourth-order valence-electron chi connectivity index (χ4n) is 4.95. The number of hydrogen-bond donors (Lipinski definition) is 1. The number of pyridine rings is 1. The molecule has 0 unspecified atom stereocenters. The topological polar surface area (TPSA) is 68.1 Å².